The molecule has 4 aromatic rings. The Morgan fingerprint density at radius 3 is 2.40 bits per heavy atom. The molecule has 0 saturated carbocycles. The highest BCUT2D eigenvalue weighted by Gasteiger charge is 2.44. The molecular weight excluding hydrogens is 536 g/mol. The second-order valence-corrected chi connectivity index (χ2v) is 12.4. The number of anilines is 2. The molecule has 3 aromatic carbocycles. The summed E-state index contributed by atoms with van der Waals surface area (Å²) in [5.74, 6) is 0.0903. The van der Waals surface area contributed by atoms with E-state index in [1.165, 1.54) is 32.3 Å². The Labute approximate surface area is 253 Å². The number of carbonyl (C=O) groups excluding carboxylic acids is 1. The van der Waals surface area contributed by atoms with Gasteiger partial charge in [-0.15, -0.1) is 11.3 Å². The zero-order valence-corrected chi connectivity index (χ0v) is 25.4. The van der Waals surface area contributed by atoms with Gasteiger partial charge in [-0.2, -0.15) is 4.58 Å². The van der Waals surface area contributed by atoms with Crippen molar-refractivity contribution < 1.29 is 9.37 Å². The topological polar surface area (TPSA) is 70.2 Å². The molecule has 0 spiro atoms. The van der Waals surface area contributed by atoms with Gasteiger partial charge in [0.05, 0.1) is 5.41 Å². The molecule has 1 amide bonds. The average Bonchev–Trinajstić information content (AvgIpc) is 3.56. The van der Waals surface area contributed by atoms with Crippen LogP contribution in [0.15, 0.2) is 97.1 Å². The fraction of sp³-hybridized carbons (Fsp3) is 0.278. The van der Waals surface area contributed by atoms with Crippen molar-refractivity contribution in [2.24, 2.45) is 5.73 Å². The molecule has 6 heteroatoms. The Bertz CT molecular complexity index is 1550. The van der Waals surface area contributed by atoms with Gasteiger partial charge in [0.2, 0.25) is 11.6 Å². The fourth-order valence-corrected chi connectivity index (χ4v) is 6.49. The van der Waals surface area contributed by atoms with Crippen LogP contribution in [-0.2, 0) is 10.2 Å². The lowest BCUT2D eigenvalue weighted by molar-refractivity contribution is -0.438. The van der Waals surface area contributed by atoms with E-state index in [9.17, 15) is 4.79 Å². The second kappa shape index (κ2) is 13.8. The van der Waals surface area contributed by atoms with Crippen molar-refractivity contribution in [3.8, 4) is 10.4 Å². The first-order chi connectivity index (χ1) is 20.5. The third kappa shape index (κ3) is 7.07. The zero-order chi connectivity index (χ0) is 29.4. The molecule has 0 saturated heterocycles. The summed E-state index contributed by atoms with van der Waals surface area (Å²) < 4.78 is 2.48. The number of carbonyl (C=O) groups is 1. The normalized spacial score (nSPS) is 13.9. The summed E-state index contributed by atoms with van der Waals surface area (Å²) >= 11 is 1.82. The third-order valence-corrected chi connectivity index (χ3v) is 8.90. The molecular formula is C36H41N4OS+. The molecule has 1 aliphatic rings. The van der Waals surface area contributed by atoms with Crippen molar-refractivity contribution in [2.45, 2.75) is 44.9 Å². The lowest BCUT2D eigenvalue weighted by Crippen LogP contribution is -2.28. The van der Waals surface area contributed by atoms with Gasteiger partial charge in [-0.1, -0.05) is 48.5 Å². The molecule has 0 atom stereocenters. The highest BCUT2D eigenvalue weighted by molar-refractivity contribution is 7.16. The van der Waals surface area contributed by atoms with Crippen LogP contribution < -0.4 is 16.4 Å². The maximum absolute atomic E-state index is 12.0. The van der Waals surface area contributed by atoms with E-state index in [0.29, 0.717) is 19.5 Å². The molecule has 1 aliphatic heterocycles. The number of nitrogens with zero attached hydrogens (tertiary/aromatic N) is 1. The zero-order valence-electron chi connectivity index (χ0n) is 24.6. The lowest BCUT2D eigenvalue weighted by Gasteiger charge is -2.16. The Morgan fingerprint density at radius 1 is 0.881 bits per heavy atom. The smallest absolute Gasteiger partial charge is 0.220 e. The minimum Gasteiger partial charge on any atom is -0.356 e. The monoisotopic (exact) mass is 577 g/mol. The first-order valence-electron chi connectivity index (χ1n) is 14.9. The van der Waals surface area contributed by atoms with Gasteiger partial charge in [0.1, 0.15) is 6.54 Å². The number of benzene rings is 3. The van der Waals surface area contributed by atoms with Gasteiger partial charge in [0, 0.05) is 64.8 Å². The number of unbranched alkanes of at least 4 members (excludes halogenated alkanes) is 2. The van der Waals surface area contributed by atoms with Gasteiger partial charge in [-0.3, -0.25) is 4.79 Å². The maximum Gasteiger partial charge on any atom is 0.220 e. The Kier molecular flexibility index (Phi) is 9.67. The first-order valence-corrected chi connectivity index (χ1v) is 15.7. The summed E-state index contributed by atoms with van der Waals surface area (Å²) in [5.41, 5.74) is 12.6. The Balaban J connectivity index is 1.37. The number of hydrogen-bond acceptors (Lipinski definition) is 4. The van der Waals surface area contributed by atoms with Crippen LogP contribution in [0.1, 0.15) is 50.0 Å². The molecule has 2 heterocycles. The quantitative estimate of drug-likeness (QED) is 0.112. The fourth-order valence-electron chi connectivity index (χ4n) is 5.58. The predicted octanol–water partition coefficient (Wildman–Crippen LogP) is 7.88. The number of thiophene rings is 1. The summed E-state index contributed by atoms with van der Waals surface area (Å²) in [4.78, 5) is 14.5. The maximum atomic E-state index is 12.0. The molecule has 5 rings (SSSR count). The SMILES string of the molecule is CC1(C)C(/C=C/c2ccc(-c3ccccc3)s2)=[N+](CCCCCC(=O)NCCN)c2ccc(Nc3ccccc3)cc21. The number of amides is 1. The third-order valence-electron chi connectivity index (χ3n) is 7.80. The van der Waals surface area contributed by atoms with Crippen LogP contribution in [0.2, 0.25) is 0 Å². The number of hydrogen-bond donors (Lipinski definition) is 3. The van der Waals surface area contributed by atoms with Crippen LogP contribution in [0.5, 0.6) is 0 Å². The van der Waals surface area contributed by atoms with Gasteiger partial charge in [0.25, 0.3) is 0 Å². The molecule has 42 heavy (non-hydrogen) atoms. The molecule has 0 bridgehead atoms. The summed E-state index contributed by atoms with van der Waals surface area (Å²) in [5, 5.41) is 6.44. The van der Waals surface area contributed by atoms with E-state index >= 15 is 0 Å². The van der Waals surface area contributed by atoms with Crippen molar-refractivity contribution in [1.29, 1.82) is 0 Å². The number of rotatable bonds is 13. The minimum atomic E-state index is -0.165. The van der Waals surface area contributed by atoms with Crippen LogP contribution in [-0.4, -0.2) is 35.8 Å². The van der Waals surface area contributed by atoms with Crippen LogP contribution in [0.4, 0.5) is 17.1 Å². The van der Waals surface area contributed by atoms with E-state index in [4.69, 9.17) is 5.73 Å². The molecule has 1 aromatic heterocycles. The summed E-state index contributed by atoms with van der Waals surface area (Å²) in [6.45, 7) is 6.57. The number of fused-ring (bicyclic) bond motifs is 1. The molecule has 0 aliphatic carbocycles. The number of para-hydroxylation sites is 1. The highest BCUT2D eigenvalue weighted by Crippen LogP contribution is 2.42. The summed E-state index contributed by atoms with van der Waals surface area (Å²) in [6.07, 6.45) is 8.01. The van der Waals surface area contributed by atoms with Crippen molar-refractivity contribution >= 4 is 46.1 Å². The van der Waals surface area contributed by atoms with E-state index in [1.807, 2.05) is 29.5 Å². The van der Waals surface area contributed by atoms with E-state index in [-0.39, 0.29) is 11.3 Å². The number of allylic oxidation sites excluding steroid dienone is 1. The molecule has 0 unspecified atom stereocenters. The van der Waals surface area contributed by atoms with E-state index in [0.717, 1.165) is 37.2 Å². The van der Waals surface area contributed by atoms with Gasteiger partial charge in [-0.05, 0) is 74.7 Å². The van der Waals surface area contributed by atoms with Crippen molar-refractivity contribution in [3.63, 3.8) is 0 Å². The number of nitrogens with one attached hydrogen (secondary N) is 2. The number of nitrogens with two attached hydrogens (primary N) is 1. The van der Waals surface area contributed by atoms with Crippen molar-refractivity contribution in [1.82, 2.24) is 5.32 Å². The lowest BCUT2D eigenvalue weighted by atomic mass is 9.81. The van der Waals surface area contributed by atoms with Gasteiger partial charge in [-0.25, -0.2) is 0 Å². The molecule has 4 N–H and O–H groups in total. The van der Waals surface area contributed by atoms with Crippen LogP contribution >= 0.6 is 11.3 Å². The van der Waals surface area contributed by atoms with Crippen molar-refractivity contribution in [3.05, 3.63) is 108 Å². The molecule has 216 valence electrons. The van der Waals surface area contributed by atoms with Gasteiger partial charge >= 0.3 is 0 Å². The standard InChI is InChI=1S/C36H40N4OS/c1-36(2)31-26-29(39-28-14-8-4-9-15-28)17-20-32(31)40(25-11-5-10-16-35(41)38-24-23-37)34(36)22-19-30-18-21-33(42-30)27-12-6-3-7-13-27/h3-4,6-9,12-15,17-22,26,39H,5,10-11,16,23-25,37H2,1-2H3/p+1/b22-19+. The Morgan fingerprint density at radius 2 is 1.64 bits per heavy atom. The first kappa shape index (κ1) is 29.5. The van der Waals surface area contributed by atoms with E-state index in [2.05, 4.69) is 114 Å². The molecule has 0 fully saturated rings. The van der Waals surface area contributed by atoms with Crippen molar-refractivity contribution in [2.75, 3.05) is 25.0 Å². The predicted molar refractivity (Wildman–Crippen MR) is 178 cm³/mol. The Hall–Kier alpha value is -4.00. The minimum absolute atomic E-state index is 0.0903. The molecule has 5 nitrogen and oxygen atoms in total. The van der Waals surface area contributed by atoms with E-state index in [1.54, 1.807) is 0 Å². The van der Waals surface area contributed by atoms with E-state index < -0.39 is 0 Å². The van der Waals surface area contributed by atoms with Crippen LogP contribution in [0.3, 0.4) is 0 Å². The largest absolute Gasteiger partial charge is 0.356 e. The van der Waals surface area contributed by atoms with Gasteiger partial charge in [0.15, 0.2) is 5.71 Å². The van der Waals surface area contributed by atoms with Crippen LogP contribution in [0, 0.1) is 0 Å². The average molecular weight is 578 g/mol. The van der Waals surface area contributed by atoms with Crippen LogP contribution in [0.25, 0.3) is 16.5 Å². The second-order valence-electron chi connectivity index (χ2n) is 11.2. The molecule has 0 radical (unpaired) electrons. The summed E-state index contributed by atoms with van der Waals surface area (Å²) in [6, 6.07) is 32.0. The highest BCUT2D eigenvalue weighted by atomic mass is 32.1. The summed E-state index contributed by atoms with van der Waals surface area (Å²) in [7, 11) is 0. The van der Waals surface area contributed by atoms with Gasteiger partial charge < -0.3 is 16.4 Å².